The van der Waals surface area contributed by atoms with Crippen molar-refractivity contribution in [3.63, 3.8) is 0 Å². The van der Waals surface area contributed by atoms with Gasteiger partial charge in [-0.1, -0.05) is 62.4 Å². The lowest BCUT2D eigenvalue weighted by Crippen LogP contribution is -2.62. The molecule has 0 unspecified atom stereocenters. The summed E-state index contributed by atoms with van der Waals surface area (Å²) in [6, 6.07) is 19.3. The van der Waals surface area contributed by atoms with E-state index in [1.165, 1.54) is 0 Å². The van der Waals surface area contributed by atoms with Crippen molar-refractivity contribution in [3.8, 4) is 0 Å². The molecular formula is C22H26N2O2. The molecule has 1 aliphatic heterocycles. The summed E-state index contributed by atoms with van der Waals surface area (Å²) in [5, 5.41) is 0. The zero-order valence-electron chi connectivity index (χ0n) is 15.6. The fourth-order valence-corrected chi connectivity index (χ4v) is 3.86. The third-order valence-corrected chi connectivity index (χ3v) is 5.03. The Morgan fingerprint density at radius 2 is 1.62 bits per heavy atom. The van der Waals surface area contributed by atoms with Crippen LogP contribution in [-0.4, -0.2) is 41.4 Å². The Labute approximate surface area is 155 Å². The van der Waals surface area contributed by atoms with Crippen LogP contribution < -0.4 is 0 Å². The van der Waals surface area contributed by atoms with Crippen molar-refractivity contribution in [2.75, 3.05) is 13.6 Å². The predicted octanol–water partition coefficient (Wildman–Crippen LogP) is 3.44. The van der Waals surface area contributed by atoms with Gasteiger partial charge in [0, 0.05) is 19.2 Å². The minimum Gasteiger partial charge on any atom is -0.325 e. The first-order valence-corrected chi connectivity index (χ1v) is 9.15. The number of amides is 2. The molecule has 136 valence electrons. The third kappa shape index (κ3) is 3.64. The van der Waals surface area contributed by atoms with Gasteiger partial charge in [-0.2, -0.15) is 0 Å². The maximum atomic E-state index is 13.2. The molecule has 4 nitrogen and oxygen atoms in total. The molecule has 0 aliphatic carbocycles. The minimum atomic E-state index is -0.220. The number of rotatable bonds is 4. The Morgan fingerprint density at radius 1 is 1.04 bits per heavy atom. The fourth-order valence-electron chi connectivity index (χ4n) is 3.86. The average Bonchev–Trinajstić information content (AvgIpc) is 2.66. The van der Waals surface area contributed by atoms with Gasteiger partial charge in [0.15, 0.2) is 0 Å². The molecule has 1 saturated heterocycles. The van der Waals surface area contributed by atoms with Crippen LogP contribution in [0.4, 0.5) is 0 Å². The van der Waals surface area contributed by atoms with Gasteiger partial charge in [-0.05, 0) is 30.0 Å². The van der Waals surface area contributed by atoms with Crippen molar-refractivity contribution in [2.24, 2.45) is 11.8 Å². The number of carbonyl (C=O) groups is 2. The lowest BCUT2D eigenvalue weighted by molar-refractivity contribution is -0.148. The average molecular weight is 350 g/mol. The topological polar surface area (TPSA) is 40.6 Å². The fraction of sp³-hybridized carbons (Fsp3) is 0.364. The Morgan fingerprint density at radius 3 is 2.19 bits per heavy atom. The molecule has 0 bridgehead atoms. The minimum absolute atomic E-state index is 0.0123. The quantitative estimate of drug-likeness (QED) is 0.847. The Bertz CT molecular complexity index is 758. The summed E-state index contributed by atoms with van der Waals surface area (Å²) < 4.78 is 0. The molecule has 1 aliphatic rings. The van der Waals surface area contributed by atoms with Gasteiger partial charge >= 0.3 is 0 Å². The second-order valence-electron chi connectivity index (χ2n) is 7.32. The van der Waals surface area contributed by atoms with Crippen LogP contribution in [0.25, 0.3) is 0 Å². The Kier molecular flexibility index (Phi) is 5.40. The van der Waals surface area contributed by atoms with Crippen LogP contribution in [0, 0.1) is 11.8 Å². The first-order valence-electron chi connectivity index (χ1n) is 9.15. The van der Waals surface area contributed by atoms with Crippen molar-refractivity contribution in [1.29, 1.82) is 0 Å². The summed E-state index contributed by atoms with van der Waals surface area (Å²) in [4.78, 5) is 29.7. The van der Waals surface area contributed by atoms with Gasteiger partial charge in [0.25, 0.3) is 5.91 Å². The van der Waals surface area contributed by atoms with E-state index in [1.54, 1.807) is 4.90 Å². The van der Waals surface area contributed by atoms with E-state index in [-0.39, 0.29) is 29.8 Å². The molecule has 0 radical (unpaired) electrons. The van der Waals surface area contributed by atoms with Crippen LogP contribution in [0.15, 0.2) is 60.7 Å². The molecule has 4 heteroatoms. The molecule has 0 aromatic heterocycles. The molecule has 2 aromatic carbocycles. The monoisotopic (exact) mass is 350 g/mol. The molecule has 1 fully saturated rings. The van der Waals surface area contributed by atoms with Crippen molar-refractivity contribution in [1.82, 2.24) is 9.80 Å². The highest BCUT2D eigenvalue weighted by Gasteiger charge is 2.41. The van der Waals surface area contributed by atoms with E-state index in [9.17, 15) is 9.59 Å². The zero-order valence-corrected chi connectivity index (χ0v) is 15.6. The van der Waals surface area contributed by atoms with E-state index in [0.29, 0.717) is 18.5 Å². The zero-order chi connectivity index (χ0) is 18.7. The van der Waals surface area contributed by atoms with E-state index in [0.717, 1.165) is 5.56 Å². The van der Waals surface area contributed by atoms with Gasteiger partial charge < -0.3 is 9.80 Å². The Balaban J connectivity index is 1.89. The van der Waals surface area contributed by atoms with E-state index >= 15 is 0 Å². The largest absolute Gasteiger partial charge is 0.325 e. The number of nitrogens with zero attached hydrogens (tertiary/aromatic N) is 2. The van der Waals surface area contributed by atoms with E-state index < -0.39 is 0 Å². The van der Waals surface area contributed by atoms with Crippen LogP contribution in [0.2, 0.25) is 0 Å². The third-order valence-electron chi connectivity index (χ3n) is 5.03. The molecule has 3 rings (SSSR count). The lowest BCUT2D eigenvalue weighted by atomic mass is 9.92. The van der Waals surface area contributed by atoms with Crippen molar-refractivity contribution >= 4 is 11.8 Å². The highest BCUT2D eigenvalue weighted by molar-refractivity contribution is 5.95. The van der Waals surface area contributed by atoms with Gasteiger partial charge in [0.05, 0.1) is 5.92 Å². The summed E-state index contributed by atoms with van der Waals surface area (Å²) in [6.45, 7) is 4.56. The van der Waals surface area contributed by atoms with Crippen molar-refractivity contribution < 1.29 is 9.59 Å². The number of benzene rings is 2. The molecule has 0 N–H and O–H groups in total. The van der Waals surface area contributed by atoms with E-state index in [2.05, 4.69) is 13.8 Å². The van der Waals surface area contributed by atoms with Crippen LogP contribution in [0.1, 0.15) is 29.8 Å². The van der Waals surface area contributed by atoms with E-state index in [1.807, 2.05) is 72.6 Å². The normalized spacial score (nSPS) is 20.5. The molecule has 1 heterocycles. The number of carbonyl (C=O) groups excluding carboxylic acids is 2. The number of hydrogen-bond donors (Lipinski definition) is 0. The second-order valence-corrected chi connectivity index (χ2v) is 7.32. The molecule has 2 aromatic rings. The highest BCUT2D eigenvalue weighted by Crippen LogP contribution is 2.27. The highest BCUT2D eigenvalue weighted by atomic mass is 16.2. The summed E-state index contributed by atoms with van der Waals surface area (Å²) in [5.74, 6) is 0.0470. The van der Waals surface area contributed by atoms with Gasteiger partial charge in [-0.15, -0.1) is 0 Å². The predicted molar refractivity (Wildman–Crippen MR) is 103 cm³/mol. The molecule has 26 heavy (non-hydrogen) atoms. The number of hydrogen-bond acceptors (Lipinski definition) is 2. The molecule has 0 spiro atoms. The smallest absolute Gasteiger partial charge is 0.255 e. The molecule has 2 atom stereocenters. The standard InChI is InChI=1S/C22H26N2O2/c1-16(2)20-23(3)21(25)19(14-17-10-6-4-7-11-17)15-24(20)22(26)18-12-8-5-9-13-18/h4-13,16,19-20H,14-15H2,1-3H3/t19-,20-/m1/s1. The second kappa shape index (κ2) is 7.73. The first-order chi connectivity index (χ1) is 12.5. The van der Waals surface area contributed by atoms with Gasteiger partial charge in [-0.3, -0.25) is 9.59 Å². The SMILES string of the molecule is CC(C)[C@@H]1N(C)C(=O)[C@H](Cc2ccccc2)CN1C(=O)c1ccccc1. The van der Waals surface area contributed by atoms with Crippen LogP contribution in [-0.2, 0) is 11.2 Å². The van der Waals surface area contributed by atoms with Crippen molar-refractivity contribution in [2.45, 2.75) is 26.4 Å². The molecular weight excluding hydrogens is 324 g/mol. The first kappa shape index (κ1) is 18.2. The van der Waals surface area contributed by atoms with Crippen LogP contribution in [0.5, 0.6) is 0 Å². The van der Waals surface area contributed by atoms with Gasteiger partial charge in [-0.25, -0.2) is 0 Å². The summed E-state index contributed by atoms with van der Waals surface area (Å²) in [7, 11) is 1.81. The lowest BCUT2D eigenvalue weighted by Gasteiger charge is -2.47. The van der Waals surface area contributed by atoms with Gasteiger partial charge in [0.1, 0.15) is 6.17 Å². The van der Waals surface area contributed by atoms with Crippen LogP contribution in [0.3, 0.4) is 0 Å². The van der Waals surface area contributed by atoms with Gasteiger partial charge in [0.2, 0.25) is 5.91 Å². The maximum absolute atomic E-state index is 13.2. The maximum Gasteiger partial charge on any atom is 0.255 e. The van der Waals surface area contributed by atoms with Crippen LogP contribution >= 0.6 is 0 Å². The Hall–Kier alpha value is -2.62. The summed E-state index contributed by atoms with van der Waals surface area (Å²) in [5.41, 5.74) is 1.79. The molecule has 2 amide bonds. The van der Waals surface area contributed by atoms with E-state index in [4.69, 9.17) is 0 Å². The molecule has 0 saturated carbocycles. The summed E-state index contributed by atoms with van der Waals surface area (Å²) >= 11 is 0. The van der Waals surface area contributed by atoms with Crippen molar-refractivity contribution in [3.05, 3.63) is 71.8 Å². The summed E-state index contributed by atoms with van der Waals surface area (Å²) in [6.07, 6.45) is 0.426.